The van der Waals surface area contributed by atoms with Crippen molar-refractivity contribution < 1.29 is 29.3 Å². The Morgan fingerprint density at radius 2 is 1.85 bits per heavy atom. The number of carbonyl (C=O) groups is 2. The number of hydrogen-bond acceptors (Lipinski definition) is 8. The molecule has 1 N–H and O–H groups in total. The van der Waals surface area contributed by atoms with Crippen LogP contribution < -0.4 is 4.90 Å². The molecular weight excluding hydrogens is 530 g/mol. The molecule has 1 aliphatic heterocycles. The van der Waals surface area contributed by atoms with E-state index in [9.17, 15) is 34.9 Å². The summed E-state index contributed by atoms with van der Waals surface area (Å²) in [7, 11) is 0. The van der Waals surface area contributed by atoms with Gasteiger partial charge >= 0.3 is 5.97 Å². The average molecular weight is 552 g/mol. The van der Waals surface area contributed by atoms with Crippen LogP contribution in [0.3, 0.4) is 0 Å². The molecule has 0 bridgehead atoms. The second-order valence-corrected chi connectivity index (χ2v) is 9.80. The molecule has 0 unspecified atom stereocenters. The van der Waals surface area contributed by atoms with Crippen LogP contribution in [0.1, 0.15) is 35.3 Å². The second-order valence-electron chi connectivity index (χ2n) is 9.37. The lowest BCUT2D eigenvalue weighted by Gasteiger charge is -2.43. The third-order valence-electron chi connectivity index (χ3n) is 7.39. The van der Waals surface area contributed by atoms with Crippen molar-refractivity contribution >= 4 is 40.5 Å². The van der Waals surface area contributed by atoms with Gasteiger partial charge in [0.25, 0.3) is 11.4 Å². The topological polar surface area (TPSA) is 153 Å². The van der Waals surface area contributed by atoms with E-state index < -0.39 is 50.5 Å². The van der Waals surface area contributed by atoms with Crippen molar-refractivity contribution in [2.75, 3.05) is 11.5 Å². The predicted octanol–water partition coefficient (Wildman–Crippen LogP) is 4.41. The number of benzene rings is 3. The van der Waals surface area contributed by atoms with E-state index in [-0.39, 0.29) is 41.3 Å². The Labute approximate surface area is 226 Å². The molecule has 3 atom stereocenters. The minimum absolute atomic E-state index is 0.0406. The average Bonchev–Trinajstić information content (AvgIpc) is 3.13. The smallest absolute Gasteiger partial charge is 0.310 e. The maximum Gasteiger partial charge on any atom is 0.310 e. The minimum atomic E-state index is -2.00. The van der Waals surface area contributed by atoms with Crippen molar-refractivity contribution in [3.05, 3.63) is 108 Å². The number of rotatable bonds is 6. The van der Waals surface area contributed by atoms with Gasteiger partial charge in [-0.25, -0.2) is 0 Å². The van der Waals surface area contributed by atoms with Crippen molar-refractivity contribution in [3.63, 3.8) is 0 Å². The molecule has 0 aromatic heterocycles. The Balaban J connectivity index is 1.80. The number of nitro groups is 2. The van der Waals surface area contributed by atoms with Crippen LogP contribution >= 0.6 is 11.6 Å². The van der Waals surface area contributed by atoms with Gasteiger partial charge in [-0.3, -0.25) is 29.8 Å². The molecule has 0 fully saturated rings. The molecule has 12 heteroatoms. The van der Waals surface area contributed by atoms with Gasteiger partial charge in [0.05, 0.1) is 41.1 Å². The van der Waals surface area contributed by atoms with Crippen LogP contribution in [0.15, 0.2) is 60.7 Å². The molecule has 5 rings (SSSR count). The van der Waals surface area contributed by atoms with Gasteiger partial charge in [0.15, 0.2) is 0 Å². The standard InChI is InChI=1S/C27H22ClN3O8/c1-2-39-25(33)21-13-18-19(11-17(30(35)36)12-23(18)31(37)38)24(32)27(21)20-10-16(28)8-9-22(20)29(26(27)34)14-15-6-4-3-5-7-15/h3-12,21,24,32H,2,13-14H2,1H3/t21-,24+,27-/m1/s1. The summed E-state index contributed by atoms with van der Waals surface area (Å²) in [6.07, 6.45) is -2.23. The fourth-order valence-corrected chi connectivity index (χ4v) is 5.93. The van der Waals surface area contributed by atoms with E-state index in [1.807, 2.05) is 18.2 Å². The first-order valence-electron chi connectivity index (χ1n) is 12.1. The van der Waals surface area contributed by atoms with Gasteiger partial charge in [0.1, 0.15) is 5.41 Å². The number of aliphatic hydroxyl groups excluding tert-OH is 1. The molecule has 0 saturated heterocycles. The van der Waals surface area contributed by atoms with Crippen molar-refractivity contribution in [1.29, 1.82) is 0 Å². The third-order valence-corrected chi connectivity index (χ3v) is 7.62. The number of anilines is 1. The van der Waals surface area contributed by atoms with Gasteiger partial charge in [-0.2, -0.15) is 0 Å². The zero-order valence-electron chi connectivity index (χ0n) is 20.6. The second kappa shape index (κ2) is 9.75. The zero-order valence-corrected chi connectivity index (χ0v) is 21.3. The molecular formula is C27H22ClN3O8. The monoisotopic (exact) mass is 551 g/mol. The molecule has 3 aromatic carbocycles. The normalized spacial score (nSPS) is 21.4. The van der Waals surface area contributed by atoms with Crippen molar-refractivity contribution in [2.24, 2.45) is 5.92 Å². The number of halogens is 1. The summed E-state index contributed by atoms with van der Waals surface area (Å²) < 4.78 is 5.31. The number of nitro benzene ring substituents is 2. The minimum Gasteiger partial charge on any atom is -0.466 e. The van der Waals surface area contributed by atoms with E-state index in [0.29, 0.717) is 5.69 Å². The molecule has 0 saturated carbocycles. The number of carbonyl (C=O) groups excluding carboxylic acids is 2. The number of non-ortho nitro benzene ring substituents is 1. The third kappa shape index (κ3) is 4.01. The zero-order chi connectivity index (χ0) is 28.1. The van der Waals surface area contributed by atoms with E-state index in [2.05, 4.69) is 0 Å². The van der Waals surface area contributed by atoms with Crippen LogP contribution in [0.4, 0.5) is 17.1 Å². The lowest BCUT2D eigenvalue weighted by molar-refractivity contribution is -0.394. The summed E-state index contributed by atoms with van der Waals surface area (Å²) in [5, 5.41) is 35.8. The molecule has 2 aliphatic rings. The summed E-state index contributed by atoms with van der Waals surface area (Å²) in [6, 6.07) is 15.5. The van der Waals surface area contributed by atoms with Gasteiger partial charge in [0, 0.05) is 22.3 Å². The largest absolute Gasteiger partial charge is 0.466 e. The summed E-state index contributed by atoms with van der Waals surface area (Å²) in [4.78, 5) is 51.3. The highest BCUT2D eigenvalue weighted by atomic mass is 35.5. The fourth-order valence-electron chi connectivity index (χ4n) is 5.76. The molecule has 1 spiro atoms. The van der Waals surface area contributed by atoms with Crippen LogP contribution in [0.2, 0.25) is 5.02 Å². The Morgan fingerprint density at radius 1 is 1.13 bits per heavy atom. The first kappa shape index (κ1) is 26.3. The van der Waals surface area contributed by atoms with Gasteiger partial charge in [-0.1, -0.05) is 41.9 Å². The number of fused-ring (bicyclic) bond motifs is 3. The quantitative estimate of drug-likeness (QED) is 0.268. The van der Waals surface area contributed by atoms with Gasteiger partial charge < -0.3 is 14.7 Å². The SMILES string of the molecule is CCOC(=O)[C@H]1Cc2c(cc([N+](=O)[O-])cc2[N+](=O)[O-])[C@H](O)[C@]12C(=O)N(Cc1ccccc1)c1ccc(Cl)cc12. The van der Waals surface area contributed by atoms with Crippen molar-refractivity contribution in [3.8, 4) is 0 Å². The Bertz CT molecular complexity index is 1530. The highest BCUT2D eigenvalue weighted by Crippen LogP contribution is 2.59. The molecule has 1 amide bonds. The Morgan fingerprint density at radius 3 is 2.49 bits per heavy atom. The van der Waals surface area contributed by atoms with Crippen molar-refractivity contribution in [1.82, 2.24) is 0 Å². The molecule has 3 aromatic rings. The molecule has 11 nitrogen and oxygen atoms in total. The van der Waals surface area contributed by atoms with Crippen LogP contribution in [0.25, 0.3) is 0 Å². The van der Waals surface area contributed by atoms with Gasteiger partial charge in [-0.05, 0) is 48.2 Å². The Hall–Kier alpha value is -4.35. The number of aliphatic hydroxyl groups is 1. The maximum atomic E-state index is 14.5. The van der Waals surface area contributed by atoms with Crippen LogP contribution in [-0.4, -0.2) is 33.4 Å². The predicted molar refractivity (Wildman–Crippen MR) is 139 cm³/mol. The van der Waals surface area contributed by atoms with E-state index in [4.69, 9.17) is 16.3 Å². The van der Waals surface area contributed by atoms with Crippen LogP contribution in [-0.2, 0) is 32.7 Å². The first-order chi connectivity index (χ1) is 18.6. The lowest BCUT2D eigenvalue weighted by atomic mass is 9.59. The summed E-state index contributed by atoms with van der Waals surface area (Å²) in [5.41, 5.74) is -2.09. The van der Waals surface area contributed by atoms with Crippen LogP contribution in [0.5, 0.6) is 0 Å². The Kier molecular flexibility index (Phi) is 6.57. The summed E-state index contributed by atoms with van der Waals surface area (Å²) >= 11 is 6.35. The van der Waals surface area contributed by atoms with Gasteiger partial charge in [-0.15, -0.1) is 0 Å². The van der Waals surface area contributed by atoms with Crippen LogP contribution in [0, 0.1) is 26.1 Å². The lowest BCUT2D eigenvalue weighted by Crippen LogP contribution is -2.55. The molecule has 200 valence electrons. The van der Waals surface area contributed by atoms with E-state index >= 15 is 0 Å². The summed E-state index contributed by atoms with van der Waals surface area (Å²) in [6.45, 7) is 1.63. The fraction of sp³-hybridized carbons (Fsp3) is 0.259. The highest BCUT2D eigenvalue weighted by Gasteiger charge is 2.65. The van der Waals surface area contributed by atoms with E-state index in [1.165, 1.54) is 11.0 Å². The number of amides is 1. The first-order valence-corrected chi connectivity index (χ1v) is 12.4. The number of nitrogens with zero attached hydrogens (tertiary/aromatic N) is 3. The molecule has 39 heavy (non-hydrogen) atoms. The van der Waals surface area contributed by atoms with E-state index in [1.54, 1.807) is 31.2 Å². The molecule has 0 radical (unpaired) electrons. The van der Waals surface area contributed by atoms with Crippen molar-refractivity contribution in [2.45, 2.75) is 31.4 Å². The van der Waals surface area contributed by atoms with E-state index in [0.717, 1.165) is 17.7 Å². The summed E-state index contributed by atoms with van der Waals surface area (Å²) in [5.74, 6) is -2.87. The number of ether oxygens (including phenoxy) is 1. The number of hydrogen-bond donors (Lipinski definition) is 1. The molecule has 1 aliphatic carbocycles. The van der Waals surface area contributed by atoms with Gasteiger partial charge in [0.2, 0.25) is 5.91 Å². The maximum absolute atomic E-state index is 14.5. The highest BCUT2D eigenvalue weighted by molar-refractivity contribution is 6.31. The number of esters is 1. The molecule has 1 heterocycles.